The van der Waals surface area contributed by atoms with Crippen LogP contribution in [0.5, 0.6) is 0 Å². The molecule has 4 nitrogen and oxygen atoms in total. The van der Waals surface area contributed by atoms with Gasteiger partial charge in [0.15, 0.2) is 0 Å². The summed E-state index contributed by atoms with van der Waals surface area (Å²) in [5.41, 5.74) is 7.07. The summed E-state index contributed by atoms with van der Waals surface area (Å²) in [4.78, 5) is 25.0. The Morgan fingerprint density at radius 3 is 2.67 bits per heavy atom. The highest BCUT2D eigenvalue weighted by Crippen LogP contribution is 2.39. The fourth-order valence-electron chi connectivity index (χ4n) is 2.58. The summed E-state index contributed by atoms with van der Waals surface area (Å²) < 4.78 is 0.880. The van der Waals surface area contributed by atoms with Crippen LogP contribution in [0.4, 0.5) is 5.69 Å². The van der Waals surface area contributed by atoms with Crippen molar-refractivity contribution < 1.29 is 9.59 Å². The zero-order valence-electron chi connectivity index (χ0n) is 10.3. The van der Waals surface area contributed by atoms with E-state index in [4.69, 9.17) is 5.73 Å². The predicted octanol–water partition coefficient (Wildman–Crippen LogP) is 2.16. The Labute approximate surface area is 114 Å². The largest absolute Gasteiger partial charge is 0.369 e. The van der Waals surface area contributed by atoms with E-state index >= 15 is 0 Å². The molecule has 96 valence electrons. The van der Waals surface area contributed by atoms with Crippen molar-refractivity contribution in [1.29, 1.82) is 0 Å². The number of amides is 2. The topological polar surface area (TPSA) is 63.4 Å². The Morgan fingerprint density at radius 2 is 2.11 bits per heavy atom. The summed E-state index contributed by atoms with van der Waals surface area (Å²) in [7, 11) is 0. The molecule has 0 radical (unpaired) electrons. The van der Waals surface area contributed by atoms with Crippen molar-refractivity contribution in [3.8, 4) is 0 Å². The van der Waals surface area contributed by atoms with Crippen LogP contribution >= 0.6 is 15.9 Å². The number of hydrogen-bond donors (Lipinski definition) is 1. The molecule has 2 rings (SSSR count). The first kappa shape index (κ1) is 13.1. The average Bonchev–Trinajstić information content (AvgIpc) is 2.27. The zero-order valence-corrected chi connectivity index (χ0v) is 11.9. The first-order valence-corrected chi connectivity index (χ1v) is 6.59. The third-order valence-electron chi connectivity index (χ3n) is 3.32. The molecule has 0 aliphatic carbocycles. The molecule has 0 saturated heterocycles. The summed E-state index contributed by atoms with van der Waals surface area (Å²) in [6.07, 6.45) is 0.568. The molecule has 1 aliphatic heterocycles. The number of carbonyl (C=O) groups excluding carboxylic acids is 2. The Balaban J connectivity index is 2.59. The molecular weight excluding hydrogens is 296 g/mol. The summed E-state index contributed by atoms with van der Waals surface area (Å²) in [6.45, 7) is 3.47. The number of nitrogens with two attached hydrogens (primary N) is 1. The van der Waals surface area contributed by atoms with Crippen molar-refractivity contribution in [3.63, 3.8) is 0 Å². The number of rotatable bonds is 1. The lowest BCUT2D eigenvalue weighted by atomic mass is 9.85. The number of nitrogens with zero attached hydrogens (tertiary/aromatic N) is 1. The monoisotopic (exact) mass is 310 g/mol. The molecule has 1 aromatic carbocycles. The minimum absolute atomic E-state index is 0.0195. The quantitative estimate of drug-likeness (QED) is 0.864. The normalized spacial score (nSPS) is 22.5. The summed E-state index contributed by atoms with van der Waals surface area (Å²) in [5, 5.41) is 0. The van der Waals surface area contributed by atoms with Crippen LogP contribution in [-0.4, -0.2) is 17.9 Å². The molecule has 1 aliphatic rings. The van der Waals surface area contributed by atoms with Crippen molar-refractivity contribution in [2.24, 2.45) is 5.73 Å². The van der Waals surface area contributed by atoms with E-state index in [-0.39, 0.29) is 23.8 Å². The third-order valence-corrected chi connectivity index (χ3v) is 3.82. The van der Waals surface area contributed by atoms with Gasteiger partial charge in [0.2, 0.25) is 11.8 Å². The van der Waals surface area contributed by atoms with Crippen molar-refractivity contribution >= 4 is 33.4 Å². The zero-order chi connectivity index (χ0) is 13.4. The number of halogens is 1. The molecule has 0 spiro atoms. The molecule has 2 amide bonds. The molecule has 0 fully saturated rings. The van der Waals surface area contributed by atoms with Crippen LogP contribution in [0.25, 0.3) is 0 Å². The van der Waals surface area contributed by atoms with Gasteiger partial charge in [-0.15, -0.1) is 0 Å². The lowest BCUT2D eigenvalue weighted by Crippen LogP contribution is -2.44. The van der Waals surface area contributed by atoms with Crippen LogP contribution in [-0.2, 0) is 9.59 Å². The molecule has 5 heteroatoms. The molecule has 0 unspecified atom stereocenters. The maximum Gasteiger partial charge on any atom is 0.225 e. The number of carbonyl (C=O) groups is 2. The molecule has 2 N–H and O–H groups in total. The Morgan fingerprint density at radius 1 is 1.44 bits per heavy atom. The van der Waals surface area contributed by atoms with Gasteiger partial charge in [-0.25, -0.2) is 0 Å². The number of hydrogen-bond acceptors (Lipinski definition) is 2. The Hall–Kier alpha value is -1.36. The van der Waals surface area contributed by atoms with E-state index in [1.165, 1.54) is 6.92 Å². The van der Waals surface area contributed by atoms with E-state index in [0.717, 1.165) is 15.7 Å². The minimum Gasteiger partial charge on any atom is -0.369 e. The third kappa shape index (κ3) is 2.14. The molecular formula is C13H15BrN2O2. The van der Waals surface area contributed by atoms with E-state index < -0.39 is 0 Å². The van der Waals surface area contributed by atoms with Crippen molar-refractivity contribution in [1.82, 2.24) is 0 Å². The standard InChI is InChI=1S/C13H15BrN2O2/c1-7-5-11(13(15)18)10-6-9(14)3-4-12(10)16(7)8(2)17/h3-4,6-7,11H,5H2,1-2H3,(H2,15,18)/t7-,11+/m1/s1. The van der Waals surface area contributed by atoms with Gasteiger partial charge in [0.1, 0.15) is 0 Å². The second-order valence-electron chi connectivity index (χ2n) is 4.63. The van der Waals surface area contributed by atoms with Crippen molar-refractivity contribution in [2.45, 2.75) is 32.2 Å². The van der Waals surface area contributed by atoms with Crippen LogP contribution in [0.2, 0.25) is 0 Å². The fraction of sp³-hybridized carbons (Fsp3) is 0.385. The highest BCUT2D eigenvalue weighted by Gasteiger charge is 2.34. The summed E-state index contributed by atoms with van der Waals surface area (Å²) >= 11 is 3.38. The van der Waals surface area contributed by atoms with Gasteiger partial charge in [0.25, 0.3) is 0 Å². The van der Waals surface area contributed by atoms with Crippen LogP contribution in [0.1, 0.15) is 31.7 Å². The van der Waals surface area contributed by atoms with Crippen LogP contribution in [0.15, 0.2) is 22.7 Å². The van der Waals surface area contributed by atoms with E-state index in [1.54, 1.807) is 4.90 Å². The summed E-state index contributed by atoms with van der Waals surface area (Å²) in [6, 6.07) is 5.57. The SMILES string of the molecule is CC(=O)N1c2ccc(Br)cc2[C@@H](C(N)=O)C[C@H]1C. The molecule has 1 heterocycles. The van der Waals surface area contributed by atoms with E-state index in [2.05, 4.69) is 15.9 Å². The van der Waals surface area contributed by atoms with Gasteiger partial charge in [-0.1, -0.05) is 15.9 Å². The number of benzene rings is 1. The van der Waals surface area contributed by atoms with Crippen LogP contribution < -0.4 is 10.6 Å². The second kappa shape index (κ2) is 4.72. The van der Waals surface area contributed by atoms with E-state index in [9.17, 15) is 9.59 Å². The van der Waals surface area contributed by atoms with Crippen LogP contribution in [0, 0.1) is 0 Å². The summed E-state index contributed by atoms with van der Waals surface area (Å²) in [5.74, 6) is -0.693. The Kier molecular flexibility index (Phi) is 3.43. The maximum atomic E-state index is 11.7. The van der Waals surface area contributed by atoms with Gasteiger partial charge in [-0.05, 0) is 37.1 Å². The number of anilines is 1. The molecule has 1 aromatic rings. The van der Waals surface area contributed by atoms with E-state index in [1.807, 2.05) is 25.1 Å². The average molecular weight is 311 g/mol. The van der Waals surface area contributed by atoms with Crippen LogP contribution in [0.3, 0.4) is 0 Å². The lowest BCUT2D eigenvalue weighted by Gasteiger charge is -2.38. The van der Waals surface area contributed by atoms with Gasteiger partial charge in [-0.2, -0.15) is 0 Å². The van der Waals surface area contributed by atoms with Gasteiger partial charge < -0.3 is 10.6 Å². The number of primary amides is 1. The molecule has 18 heavy (non-hydrogen) atoms. The maximum absolute atomic E-state index is 11.7. The highest BCUT2D eigenvalue weighted by molar-refractivity contribution is 9.10. The highest BCUT2D eigenvalue weighted by atomic mass is 79.9. The lowest BCUT2D eigenvalue weighted by molar-refractivity contribution is -0.121. The molecule has 0 bridgehead atoms. The van der Waals surface area contributed by atoms with Gasteiger partial charge >= 0.3 is 0 Å². The second-order valence-corrected chi connectivity index (χ2v) is 5.55. The van der Waals surface area contributed by atoms with Crippen molar-refractivity contribution in [2.75, 3.05) is 4.90 Å². The fourth-order valence-corrected chi connectivity index (χ4v) is 2.96. The first-order chi connectivity index (χ1) is 8.41. The number of fused-ring (bicyclic) bond motifs is 1. The predicted molar refractivity (Wildman–Crippen MR) is 73.3 cm³/mol. The smallest absolute Gasteiger partial charge is 0.225 e. The van der Waals surface area contributed by atoms with Gasteiger partial charge in [0.05, 0.1) is 5.92 Å². The minimum atomic E-state index is -0.343. The van der Waals surface area contributed by atoms with Crippen molar-refractivity contribution in [3.05, 3.63) is 28.2 Å². The first-order valence-electron chi connectivity index (χ1n) is 5.80. The molecule has 0 aromatic heterocycles. The Bertz CT molecular complexity index is 516. The van der Waals surface area contributed by atoms with E-state index in [0.29, 0.717) is 6.42 Å². The van der Waals surface area contributed by atoms with Gasteiger partial charge in [-0.3, -0.25) is 9.59 Å². The van der Waals surface area contributed by atoms with Gasteiger partial charge in [0, 0.05) is 23.1 Å². The molecule has 2 atom stereocenters. The molecule has 0 saturated carbocycles.